The first-order chi connectivity index (χ1) is 19.6. The molecule has 7 nitrogen and oxygen atoms in total. The number of carboxylic acids is 1. The number of oxazole rings is 1. The van der Waals surface area contributed by atoms with Crippen LogP contribution in [0.2, 0.25) is 0 Å². The number of ketones is 1. The number of anilines is 1. The van der Waals surface area contributed by atoms with Gasteiger partial charge in [-0.05, 0) is 48.2 Å². The van der Waals surface area contributed by atoms with Gasteiger partial charge in [0, 0.05) is 22.7 Å². The van der Waals surface area contributed by atoms with E-state index in [0.29, 0.717) is 24.0 Å². The molecule has 2 unspecified atom stereocenters. The Hall–Kier alpha value is -4.73. The smallest absolute Gasteiger partial charge is 0.452 e. The molecule has 1 aromatic heterocycles. The maximum absolute atomic E-state index is 13.6. The van der Waals surface area contributed by atoms with Crippen molar-refractivity contribution >= 4 is 23.3 Å². The van der Waals surface area contributed by atoms with Gasteiger partial charge in [-0.15, -0.1) is 0 Å². The van der Waals surface area contributed by atoms with Crippen LogP contribution < -0.4 is 5.32 Å². The number of amides is 1. The van der Waals surface area contributed by atoms with E-state index in [1.807, 2.05) is 0 Å². The maximum atomic E-state index is 13.6. The zero-order valence-corrected chi connectivity index (χ0v) is 21.6. The third-order valence-corrected chi connectivity index (χ3v) is 7.19. The molecule has 2 N–H and O–H groups in total. The first kappa shape index (κ1) is 27.8. The first-order valence-corrected chi connectivity index (χ1v) is 13.0. The monoisotopic (exact) mass is 562 g/mol. The molecule has 1 saturated carbocycles. The molecule has 0 bridgehead atoms. The van der Waals surface area contributed by atoms with Crippen molar-refractivity contribution in [1.82, 2.24) is 4.98 Å². The van der Waals surface area contributed by atoms with E-state index < -0.39 is 41.3 Å². The third kappa shape index (κ3) is 6.06. The molecule has 1 aliphatic rings. The number of benzene rings is 3. The van der Waals surface area contributed by atoms with Crippen molar-refractivity contribution < 1.29 is 37.1 Å². The second-order valence-electron chi connectivity index (χ2n) is 9.87. The lowest BCUT2D eigenvalue weighted by atomic mass is 9.75. The molecule has 1 aliphatic carbocycles. The highest BCUT2D eigenvalue weighted by Gasteiger charge is 2.42. The number of alkyl halides is 3. The van der Waals surface area contributed by atoms with Crippen LogP contribution >= 0.6 is 0 Å². The van der Waals surface area contributed by atoms with Gasteiger partial charge in [-0.25, -0.2) is 4.98 Å². The third-order valence-electron chi connectivity index (χ3n) is 7.19. The molecule has 1 fully saturated rings. The Kier molecular flexibility index (Phi) is 7.74. The molecule has 0 radical (unpaired) electrons. The number of carbonyl (C=O) groups is 3. The Morgan fingerprint density at radius 3 is 1.98 bits per heavy atom. The van der Waals surface area contributed by atoms with E-state index in [4.69, 9.17) is 4.42 Å². The van der Waals surface area contributed by atoms with Gasteiger partial charge < -0.3 is 14.8 Å². The van der Waals surface area contributed by atoms with Crippen LogP contribution in [-0.4, -0.2) is 27.8 Å². The van der Waals surface area contributed by atoms with Crippen LogP contribution in [-0.2, 0) is 11.0 Å². The fourth-order valence-corrected chi connectivity index (χ4v) is 5.09. The predicted molar refractivity (Wildman–Crippen MR) is 144 cm³/mol. The molecule has 1 heterocycles. The van der Waals surface area contributed by atoms with E-state index in [1.54, 1.807) is 54.6 Å². The SMILES string of the molecule is O=C(Nc1ccc(-c2ccc(C(=O)C3CCCCC3C(=O)O)cc2)cc1)c1nc(-c2ccccc2)oc1C(F)(F)F. The van der Waals surface area contributed by atoms with Crippen molar-refractivity contribution in [3.05, 3.63) is 95.9 Å². The molecule has 41 heavy (non-hydrogen) atoms. The van der Waals surface area contributed by atoms with Gasteiger partial charge in [-0.1, -0.05) is 67.4 Å². The Morgan fingerprint density at radius 2 is 1.39 bits per heavy atom. The standard InChI is InChI=1S/C31H25F3N2O5/c32-31(33,34)27-25(36-29(41-27)21-6-2-1-3-7-21)28(38)35-22-16-14-19(15-17-22)18-10-12-20(13-11-18)26(37)23-8-4-5-9-24(23)30(39)40/h1-3,6-7,10-17,23-24H,4-5,8-9H2,(H,35,38)(H,39,40). The number of aromatic nitrogens is 1. The van der Waals surface area contributed by atoms with Crippen molar-refractivity contribution in [3.63, 3.8) is 0 Å². The minimum absolute atomic E-state index is 0.178. The summed E-state index contributed by atoms with van der Waals surface area (Å²) in [5.74, 6) is -5.20. The number of Topliss-reactive ketones (excluding diaryl/α,β-unsaturated/α-hetero) is 1. The molecule has 0 aliphatic heterocycles. The average molecular weight is 563 g/mol. The highest BCUT2D eigenvalue weighted by Crippen LogP contribution is 2.36. The molecule has 210 valence electrons. The second-order valence-corrected chi connectivity index (χ2v) is 9.87. The normalized spacial score (nSPS) is 17.1. The molecule has 2 atom stereocenters. The highest BCUT2D eigenvalue weighted by molar-refractivity contribution is 6.04. The molecule has 4 aromatic rings. The van der Waals surface area contributed by atoms with E-state index in [2.05, 4.69) is 10.3 Å². The fraction of sp³-hybridized carbons (Fsp3) is 0.226. The van der Waals surface area contributed by atoms with Crippen LogP contribution in [0, 0.1) is 11.8 Å². The lowest BCUT2D eigenvalue weighted by molar-refractivity contribution is -0.153. The molecular formula is C31H25F3N2O5. The largest absolute Gasteiger partial charge is 0.481 e. The van der Waals surface area contributed by atoms with Crippen LogP contribution in [0.25, 0.3) is 22.6 Å². The van der Waals surface area contributed by atoms with E-state index in [0.717, 1.165) is 24.0 Å². The summed E-state index contributed by atoms with van der Waals surface area (Å²) in [6.07, 6.45) is -2.25. The van der Waals surface area contributed by atoms with Gasteiger partial charge in [0.05, 0.1) is 5.92 Å². The first-order valence-electron chi connectivity index (χ1n) is 13.0. The molecule has 5 rings (SSSR count). The number of rotatable bonds is 7. The van der Waals surface area contributed by atoms with Crippen molar-refractivity contribution in [2.45, 2.75) is 31.9 Å². The van der Waals surface area contributed by atoms with Gasteiger partial charge in [0.15, 0.2) is 11.5 Å². The molecule has 10 heteroatoms. The van der Waals surface area contributed by atoms with Crippen LogP contribution in [0.1, 0.15) is 52.3 Å². The average Bonchev–Trinajstić information content (AvgIpc) is 3.45. The number of aliphatic carboxylic acids is 1. The molecule has 3 aromatic carbocycles. The van der Waals surface area contributed by atoms with Crippen molar-refractivity contribution in [2.24, 2.45) is 11.8 Å². The van der Waals surface area contributed by atoms with Gasteiger partial charge in [-0.3, -0.25) is 14.4 Å². The zero-order valence-electron chi connectivity index (χ0n) is 21.6. The van der Waals surface area contributed by atoms with E-state index in [9.17, 15) is 32.7 Å². The van der Waals surface area contributed by atoms with E-state index in [-0.39, 0.29) is 17.4 Å². The number of carboxylic acid groups (broad SMARTS) is 1. The van der Waals surface area contributed by atoms with Crippen molar-refractivity contribution in [1.29, 1.82) is 0 Å². The number of halogens is 3. The van der Waals surface area contributed by atoms with Gasteiger partial charge in [-0.2, -0.15) is 13.2 Å². The van der Waals surface area contributed by atoms with Gasteiger partial charge >= 0.3 is 12.1 Å². The number of hydrogen-bond acceptors (Lipinski definition) is 5. The molecule has 1 amide bonds. The quantitative estimate of drug-likeness (QED) is 0.228. The van der Waals surface area contributed by atoms with Crippen molar-refractivity contribution in [2.75, 3.05) is 5.32 Å². The van der Waals surface area contributed by atoms with Crippen LogP contribution in [0.5, 0.6) is 0 Å². The molecular weight excluding hydrogens is 537 g/mol. The topological polar surface area (TPSA) is 110 Å². The Balaban J connectivity index is 1.30. The summed E-state index contributed by atoms with van der Waals surface area (Å²) in [4.78, 5) is 41.2. The predicted octanol–water partition coefficient (Wildman–Crippen LogP) is 7.35. The van der Waals surface area contributed by atoms with E-state index >= 15 is 0 Å². The Morgan fingerprint density at radius 1 is 0.805 bits per heavy atom. The zero-order chi connectivity index (χ0) is 29.1. The van der Waals surface area contributed by atoms with Gasteiger partial charge in [0.1, 0.15) is 0 Å². The summed E-state index contributed by atoms with van der Waals surface area (Å²) < 4.78 is 45.7. The Bertz CT molecular complexity index is 1560. The Labute approximate surface area is 233 Å². The van der Waals surface area contributed by atoms with E-state index in [1.165, 1.54) is 24.3 Å². The van der Waals surface area contributed by atoms with Crippen molar-refractivity contribution in [3.8, 4) is 22.6 Å². The van der Waals surface area contributed by atoms with Crippen LogP contribution in [0.15, 0.2) is 83.3 Å². The highest BCUT2D eigenvalue weighted by atomic mass is 19.4. The second kappa shape index (κ2) is 11.4. The molecule has 0 spiro atoms. The lowest BCUT2D eigenvalue weighted by Crippen LogP contribution is -2.32. The van der Waals surface area contributed by atoms with Crippen LogP contribution in [0.4, 0.5) is 18.9 Å². The maximum Gasteiger partial charge on any atom is 0.452 e. The van der Waals surface area contributed by atoms with Gasteiger partial charge in [0.2, 0.25) is 11.7 Å². The summed E-state index contributed by atoms with van der Waals surface area (Å²) >= 11 is 0. The molecule has 0 saturated heterocycles. The minimum atomic E-state index is -4.92. The minimum Gasteiger partial charge on any atom is -0.481 e. The fourth-order valence-electron chi connectivity index (χ4n) is 5.09. The summed E-state index contributed by atoms with van der Waals surface area (Å²) in [7, 11) is 0. The number of carbonyl (C=O) groups excluding carboxylic acids is 2. The number of nitrogens with zero attached hydrogens (tertiary/aromatic N) is 1. The summed E-state index contributed by atoms with van der Waals surface area (Å²) in [5.41, 5.74) is 1.63. The summed E-state index contributed by atoms with van der Waals surface area (Å²) in [5, 5.41) is 11.9. The summed E-state index contributed by atoms with van der Waals surface area (Å²) in [6, 6.07) is 21.2. The number of nitrogens with one attached hydrogen (secondary N) is 1. The summed E-state index contributed by atoms with van der Waals surface area (Å²) in [6.45, 7) is 0. The van der Waals surface area contributed by atoms with Gasteiger partial charge in [0.25, 0.3) is 5.91 Å². The van der Waals surface area contributed by atoms with Crippen LogP contribution in [0.3, 0.4) is 0 Å². The number of hydrogen-bond donors (Lipinski definition) is 2. The lowest BCUT2D eigenvalue weighted by Gasteiger charge is -2.27.